The molecule has 1 aliphatic rings. The number of hydrogen-bond donors (Lipinski definition) is 2. The number of amides is 1. The van der Waals surface area contributed by atoms with Gasteiger partial charge in [0.05, 0.1) is 17.5 Å². The van der Waals surface area contributed by atoms with Crippen LogP contribution in [-0.4, -0.2) is 54.5 Å². The third-order valence-corrected chi connectivity index (χ3v) is 7.04. The number of carbonyl (C=O) groups excluding carboxylic acids is 2. The number of carbonyl (C=O) groups is 2. The number of halogens is 1. The molecule has 0 saturated carbocycles. The van der Waals surface area contributed by atoms with Crippen molar-refractivity contribution in [2.45, 2.75) is 50.7 Å². The molecule has 0 radical (unpaired) electrons. The van der Waals surface area contributed by atoms with E-state index >= 15 is 0 Å². The first-order valence-corrected chi connectivity index (χ1v) is 12.3. The van der Waals surface area contributed by atoms with Crippen LogP contribution in [0.5, 0.6) is 5.75 Å². The summed E-state index contributed by atoms with van der Waals surface area (Å²) in [5, 5.41) is 13.9. The molecule has 1 fully saturated rings. The zero-order chi connectivity index (χ0) is 22.9. The summed E-state index contributed by atoms with van der Waals surface area (Å²) < 4.78 is 5.73. The van der Waals surface area contributed by atoms with Gasteiger partial charge in [0.2, 0.25) is 5.91 Å². The smallest absolute Gasteiger partial charge is 0.220 e. The maximum Gasteiger partial charge on any atom is 0.220 e. The Labute approximate surface area is 198 Å². The monoisotopic (exact) mass is 478 g/mol. The first kappa shape index (κ1) is 24.7. The molecule has 2 heterocycles. The number of aliphatic hydroxyl groups is 1. The summed E-state index contributed by atoms with van der Waals surface area (Å²) in [4.78, 5) is 27.9. The van der Waals surface area contributed by atoms with Crippen molar-refractivity contribution >= 4 is 34.6 Å². The summed E-state index contributed by atoms with van der Waals surface area (Å²) in [5.41, 5.74) is 0.652. The van der Waals surface area contributed by atoms with E-state index in [1.165, 1.54) is 11.3 Å². The number of aliphatic hydroxyl groups excluding tert-OH is 1. The molecule has 1 amide bonds. The Morgan fingerprint density at radius 3 is 2.44 bits per heavy atom. The third kappa shape index (κ3) is 7.30. The molecule has 1 saturated heterocycles. The number of ether oxygens (including phenoxy) is 1. The van der Waals surface area contributed by atoms with Crippen LogP contribution >= 0.6 is 22.9 Å². The topological polar surface area (TPSA) is 78.9 Å². The molecule has 32 heavy (non-hydrogen) atoms. The van der Waals surface area contributed by atoms with Crippen LogP contribution < -0.4 is 10.1 Å². The number of rotatable bonds is 12. The van der Waals surface area contributed by atoms with Gasteiger partial charge in [-0.15, -0.1) is 11.3 Å². The molecule has 2 atom stereocenters. The lowest BCUT2D eigenvalue weighted by atomic mass is 10.0. The molecule has 3 rings (SSSR count). The van der Waals surface area contributed by atoms with Crippen molar-refractivity contribution in [2.75, 3.05) is 26.7 Å². The number of nitrogens with zero attached hydrogens (tertiary/aromatic N) is 1. The second-order valence-corrected chi connectivity index (χ2v) is 9.87. The van der Waals surface area contributed by atoms with E-state index in [1.807, 2.05) is 6.07 Å². The summed E-state index contributed by atoms with van der Waals surface area (Å²) >= 11 is 7.36. The van der Waals surface area contributed by atoms with Gasteiger partial charge in [0, 0.05) is 29.8 Å². The van der Waals surface area contributed by atoms with Crippen LogP contribution in [0.4, 0.5) is 0 Å². The molecular weight excluding hydrogens is 448 g/mol. The van der Waals surface area contributed by atoms with Gasteiger partial charge in [-0.2, -0.15) is 0 Å². The molecule has 0 spiro atoms. The van der Waals surface area contributed by atoms with Gasteiger partial charge >= 0.3 is 0 Å². The Bertz CT molecular complexity index is 880. The normalized spacial score (nSPS) is 16.0. The van der Waals surface area contributed by atoms with Crippen LogP contribution in [0.15, 0.2) is 36.4 Å². The number of methoxy groups -OCH3 is 1. The summed E-state index contributed by atoms with van der Waals surface area (Å²) in [7, 11) is 1.59. The quantitative estimate of drug-likeness (QED) is 0.347. The van der Waals surface area contributed by atoms with Crippen LogP contribution in [0.25, 0.3) is 0 Å². The van der Waals surface area contributed by atoms with E-state index in [0.717, 1.165) is 30.8 Å². The Balaban J connectivity index is 1.46. The molecule has 0 bridgehead atoms. The number of hydrogen-bond acceptors (Lipinski definition) is 6. The number of unbranched alkanes of at least 4 members (excludes halogenated alkanes) is 1. The fourth-order valence-electron chi connectivity index (χ4n) is 3.92. The summed E-state index contributed by atoms with van der Waals surface area (Å²) in [6.45, 7) is 2.58. The van der Waals surface area contributed by atoms with Gasteiger partial charge in [0.25, 0.3) is 0 Å². The molecular formula is C24H31ClN2O4S. The van der Waals surface area contributed by atoms with Gasteiger partial charge in [-0.1, -0.05) is 11.6 Å². The first-order chi connectivity index (χ1) is 15.5. The molecule has 8 heteroatoms. The van der Waals surface area contributed by atoms with Crippen molar-refractivity contribution in [3.63, 3.8) is 0 Å². The molecule has 2 N–H and O–H groups in total. The van der Waals surface area contributed by atoms with Crippen molar-refractivity contribution in [1.29, 1.82) is 0 Å². The average molecular weight is 479 g/mol. The van der Waals surface area contributed by atoms with Crippen molar-refractivity contribution in [3.8, 4) is 5.75 Å². The van der Waals surface area contributed by atoms with Crippen LogP contribution in [0.3, 0.4) is 0 Å². The van der Waals surface area contributed by atoms with Gasteiger partial charge in [-0.05, 0) is 75.2 Å². The van der Waals surface area contributed by atoms with Gasteiger partial charge in [-0.3, -0.25) is 9.59 Å². The summed E-state index contributed by atoms with van der Waals surface area (Å²) in [6.07, 6.45) is 3.46. The molecule has 2 unspecified atom stereocenters. The largest absolute Gasteiger partial charge is 0.497 e. The van der Waals surface area contributed by atoms with Gasteiger partial charge in [0.15, 0.2) is 5.78 Å². The van der Waals surface area contributed by atoms with Crippen molar-refractivity contribution in [1.82, 2.24) is 10.2 Å². The fourth-order valence-corrected chi connectivity index (χ4v) is 5.04. The fraction of sp³-hybridized carbons (Fsp3) is 0.500. The highest BCUT2D eigenvalue weighted by atomic mass is 35.5. The minimum Gasteiger partial charge on any atom is -0.497 e. The maximum absolute atomic E-state index is 12.6. The SMILES string of the molecule is COc1ccc(C(=O)CCCCC(=O)NC(CN2CCCC2)C(O)c2ccc(Cl)s2)cc1. The lowest BCUT2D eigenvalue weighted by Crippen LogP contribution is -2.46. The van der Waals surface area contributed by atoms with E-state index in [-0.39, 0.29) is 11.7 Å². The molecule has 1 aromatic carbocycles. The predicted octanol–water partition coefficient (Wildman–Crippen LogP) is 4.47. The van der Waals surface area contributed by atoms with Crippen molar-refractivity contribution in [2.24, 2.45) is 0 Å². The molecule has 1 aliphatic heterocycles. The zero-order valence-electron chi connectivity index (χ0n) is 18.4. The number of thiophene rings is 1. The number of likely N-dealkylation sites (tertiary alicyclic amines) is 1. The van der Waals surface area contributed by atoms with E-state index in [2.05, 4.69) is 10.2 Å². The van der Waals surface area contributed by atoms with E-state index in [4.69, 9.17) is 16.3 Å². The lowest BCUT2D eigenvalue weighted by Gasteiger charge is -2.28. The number of benzene rings is 1. The van der Waals surface area contributed by atoms with Gasteiger partial charge in [-0.25, -0.2) is 0 Å². The number of ketones is 1. The minimum atomic E-state index is -0.798. The van der Waals surface area contributed by atoms with E-state index in [0.29, 0.717) is 47.9 Å². The van der Waals surface area contributed by atoms with Crippen molar-refractivity contribution in [3.05, 3.63) is 51.2 Å². The Kier molecular flexibility index (Phi) is 9.53. The summed E-state index contributed by atoms with van der Waals surface area (Å²) in [5.74, 6) is 0.673. The predicted molar refractivity (Wildman–Crippen MR) is 128 cm³/mol. The molecule has 2 aromatic rings. The van der Waals surface area contributed by atoms with Gasteiger partial charge in [0.1, 0.15) is 11.9 Å². The van der Waals surface area contributed by atoms with Crippen LogP contribution in [0.2, 0.25) is 4.34 Å². The van der Waals surface area contributed by atoms with Crippen LogP contribution in [0.1, 0.15) is 59.9 Å². The Hall–Kier alpha value is -1.93. The minimum absolute atomic E-state index is 0.0602. The third-order valence-electron chi connectivity index (χ3n) is 5.74. The second kappa shape index (κ2) is 12.3. The van der Waals surface area contributed by atoms with Gasteiger partial charge < -0.3 is 20.1 Å². The average Bonchev–Trinajstić information content (AvgIpc) is 3.47. The highest BCUT2D eigenvalue weighted by Gasteiger charge is 2.27. The van der Waals surface area contributed by atoms with Crippen LogP contribution in [0, 0.1) is 0 Å². The van der Waals surface area contributed by atoms with E-state index < -0.39 is 12.1 Å². The first-order valence-electron chi connectivity index (χ1n) is 11.1. The number of nitrogens with one attached hydrogen (secondary N) is 1. The molecule has 6 nitrogen and oxygen atoms in total. The lowest BCUT2D eigenvalue weighted by molar-refractivity contribution is -0.123. The second-order valence-electron chi connectivity index (χ2n) is 8.13. The van der Waals surface area contributed by atoms with Crippen molar-refractivity contribution < 1.29 is 19.4 Å². The standard InChI is InChI=1S/C24H31ClN2O4S/c1-31-18-10-8-17(9-11-18)20(28)6-2-3-7-23(29)26-19(16-27-14-4-5-15-27)24(30)21-12-13-22(25)32-21/h8-13,19,24,30H,2-7,14-16H2,1H3,(H,26,29). The summed E-state index contributed by atoms with van der Waals surface area (Å²) in [6, 6.07) is 10.2. The maximum atomic E-state index is 12.6. The van der Waals surface area contributed by atoms with E-state index in [1.54, 1.807) is 37.4 Å². The highest BCUT2D eigenvalue weighted by molar-refractivity contribution is 7.16. The van der Waals surface area contributed by atoms with Crippen LogP contribution in [-0.2, 0) is 4.79 Å². The molecule has 174 valence electrons. The highest BCUT2D eigenvalue weighted by Crippen LogP contribution is 2.29. The zero-order valence-corrected chi connectivity index (χ0v) is 20.0. The molecule has 0 aliphatic carbocycles. The van der Waals surface area contributed by atoms with E-state index in [9.17, 15) is 14.7 Å². The Morgan fingerprint density at radius 2 is 1.81 bits per heavy atom. The Morgan fingerprint density at radius 1 is 1.12 bits per heavy atom. The number of Topliss-reactive ketones (excluding diaryl/α,β-unsaturated/α-hetero) is 1. The molecule has 1 aromatic heterocycles.